The maximum atomic E-state index is 5.84. The Morgan fingerprint density at radius 2 is 1.62 bits per heavy atom. The first-order valence-corrected chi connectivity index (χ1v) is 9.23. The second-order valence-corrected chi connectivity index (χ2v) is 6.35. The summed E-state index contributed by atoms with van der Waals surface area (Å²) in [5.74, 6) is 1.99. The lowest BCUT2D eigenvalue weighted by Gasteiger charge is -2.13. The third-order valence-electron chi connectivity index (χ3n) is 4.53. The van der Waals surface area contributed by atoms with Gasteiger partial charge in [-0.05, 0) is 30.3 Å². The highest BCUT2D eigenvalue weighted by Gasteiger charge is 2.13. The zero-order chi connectivity index (χ0) is 18.5. The summed E-state index contributed by atoms with van der Waals surface area (Å²) in [5, 5.41) is 0. The van der Waals surface area contributed by atoms with E-state index in [1.807, 2.05) is 37.9 Å². The van der Waals surface area contributed by atoms with Crippen LogP contribution in [0.4, 0.5) is 0 Å². The van der Waals surface area contributed by atoms with Crippen LogP contribution in [0, 0.1) is 0 Å². The fourth-order valence-corrected chi connectivity index (χ4v) is 3.16. The van der Waals surface area contributed by atoms with Crippen molar-refractivity contribution in [3.63, 3.8) is 0 Å². The molecule has 2 aromatic carbocycles. The van der Waals surface area contributed by atoms with E-state index >= 15 is 0 Å². The number of fused-ring (bicyclic) bond motifs is 1. The Kier molecular flexibility index (Phi) is 5.74. The summed E-state index contributed by atoms with van der Waals surface area (Å²) < 4.78 is 7.87. The van der Waals surface area contributed by atoms with E-state index in [-0.39, 0.29) is 0 Å². The number of benzene rings is 2. The third-order valence-corrected chi connectivity index (χ3v) is 4.53. The standard InChI is InChI=1S/C20H21N3O.C2H6/c1-22-11-12-24-19-8-7-17(13-18(19)14-22)15-3-5-16(6-4-15)20-21-9-10-23(20)2;1-2/h3-10,13H,11-12,14H2,1-2H3;1-2H3. The first-order valence-electron chi connectivity index (χ1n) is 9.23. The zero-order valence-corrected chi connectivity index (χ0v) is 16.1. The molecule has 3 aromatic rings. The van der Waals surface area contributed by atoms with Crippen LogP contribution in [0.5, 0.6) is 5.75 Å². The highest BCUT2D eigenvalue weighted by molar-refractivity contribution is 5.69. The maximum Gasteiger partial charge on any atom is 0.139 e. The average Bonchev–Trinajstić information content (AvgIpc) is 3.01. The first kappa shape index (κ1) is 18.2. The SMILES string of the molecule is CC.CN1CCOc2ccc(-c3ccc(-c4nccn4C)cc3)cc2C1. The Labute approximate surface area is 156 Å². The first-order chi connectivity index (χ1) is 12.7. The largest absolute Gasteiger partial charge is 0.492 e. The molecule has 2 heterocycles. The highest BCUT2D eigenvalue weighted by Crippen LogP contribution is 2.30. The van der Waals surface area contributed by atoms with E-state index in [2.05, 4.69) is 59.4 Å². The molecule has 136 valence electrons. The lowest BCUT2D eigenvalue weighted by molar-refractivity contribution is 0.259. The van der Waals surface area contributed by atoms with Crippen molar-refractivity contribution >= 4 is 0 Å². The molecule has 0 bridgehead atoms. The number of aryl methyl sites for hydroxylation is 1. The lowest BCUT2D eigenvalue weighted by Crippen LogP contribution is -2.20. The van der Waals surface area contributed by atoms with Gasteiger partial charge in [0.1, 0.15) is 18.2 Å². The highest BCUT2D eigenvalue weighted by atomic mass is 16.5. The summed E-state index contributed by atoms with van der Waals surface area (Å²) in [5.41, 5.74) is 4.81. The Bertz CT molecular complexity index is 852. The summed E-state index contributed by atoms with van der Waals surface area (Å²) in [4.78, 5) is 6.70. The maximum absolute atomic E-state index is 5.84. The molecule has 0 fully saturated rings. The van der Waals surface area contributed by atoms with Gasteiger partial charge in [-0.15, -0.1) is 0 Å². The summed E-state index contributed by atoms with van der Waals surface area (Å²) >= 11 is 0. The van der Waals surface area contributed by atoms with Gasteiger partial charge in [-0.3, -0.25) is 4.90 Å². The number of aromatic nitrogens is 2. The normalized spacial score (nSPS) is 13.8. The van der Waals surface area contributed by atoms with Gasteiger partial charge in [0.05, 0.1) is 0 Å². The van der Waals surface area contributed by atoms with Gasteiger partial charge in [0, 0.05) is 43.7 Å². The van der Waals surface area contributed by atoms with E-state index in [1.165, 1.54) is 16.7 Å². The van der Waals surface area contributed by atoms with Crippen molar-refractivity contribution in [2.75, 3.05) is 20.2 Å². The van der Waals surface area contributed by atoms with E-state index in [1.54, 1.807) is 0 Å². The van der Waals surface area contributed by atoms with Crippen LogP contribution in [0.2, 0.25) is 0 Å². The van der Waals surface area contributed by atoms with E-state index in [0.717, 1.165) is 36.8 Å². The van der Waals surface area contributed by atoms with Crippen molar-refractivity contribution in [2.24, 2.45) is 7.05 Å². The molecule has 0 N–H and O–H groups in total. The molecular weight excluding hydrogens is 322 g/mol. The Balaban J connectivity index is 0.000000948. The molecule has 0 aliphatic carbocycles. The van der Waals surface area contributed by atoms with Gasteiger partial charge in [0.25, 0.3) is 0 Å². The van der Waals surface area contributed by atoms with Gasteiger partial charge in [0.2, 0.25) is 0 Å². The average molecular weight is 349 g/mol. The van der Waals surface area contributed by atoms with Gasteiger partial charge in [-0.25, -0.2) is 4.98 Å². The number of nitrogens with zero attached hydrogens (tertiary/aromatic N) is 3. The minimum absolute atomic E-state index is 0.751. The van der Waals surface area contributed by atoms with Crippen molar-refractivity contribution in [1.82, 2.24) is 14.5 Å². The van der Waals surface area contributed by atoms with Gasteiger partial charge >= 0.3 is 0 Å². The van der Waals surface area contributed by atoms with Crippen molar-refractivity contribution in [3.8, 4) is 28.3 Å². The monoisotopic (exact) mass is 349 g/mol. The molecule has 4 nitrogen and oxygen atoms in total. The summed E-state index contributed by atoms with van der Waals surface area (Å²) in [7, 11) is 4.14. The van der Waals surface area contributed by atoms with Crippen LogP contribution in [-0.2, 0) is 13.6 Å². The van der Waals surface area contributed by atoms with E-state index in [9.17, 15) is 0 Å². The Morgan fingerprint density at radius 1 is 0.923 bits per heavy atom. The van der Waals surface area contributed by atoms with Crippen LogP contribution in [0.15, 0.2) is 54.9 Å². The van der Waals surface area contributed by atoms with Gasteiger partial charge < -0.3 is 9.30 Å². The molecule has 4 rings (SSSR count). The Hall–Kier alpha value is -2.59. The number of imidazole rings is 1. The molecule has 26 heavy (non-hydrogen) atoms. The fraction of sp³-hybridized carbons (Fsp3) is 0.318. The molecule has 0 spiro atoms. The van der Waals surface area contributed by atoms with Crippen molar-refractivity contribution in [2.45, 2.75) is 20.4 Å². The lowest BCUT2D eigenvalue weighted by atomic mass is 10.0. The second-order valence-electron chi connectivity index (χ2n) is 6.35. The molecule has 1 aliphatic heterocycles. The predicted octanol–water partition coefficient (Wildman–Crippen LogP) is 4.60. The summed E-state index contributed by atoms with van der Waals surface area (Å²) in [6, 6.07) is 15.1. The fourth-order valence-electron chi connectivity index (χ4n) is 3.16. The minimum Gasteiger partial charge on any atom is -0.492 e. The smallest absolute Gasteiger partial charge is 0.139 e. The predicted molar refractivity (Wildman–Crippen MR) is 107 cm³/mol. The van der Waals surface area contributed by atoms with Gasteiger partial charge in [-0.2, -0.15) is 0 Å². The van der Waals surface area contributed by atoms with Crippen LogP contribution < -0.4 is 4.74 Å². The molecular formula is C22H27N3O. The molecule has 1 aliphatic rings. The summed E-state index contributed by atoms with van der Waals surface area (Å²) in [6.45, 7) is 6.64. The molecule has 4 heteroatoms. The van der Waals surface area contributed by atoms with E-state index in [4.69, 9.17) is 4.74 Å². The topological polar surface area (TPSA) is 30.3 Å². The minimum atomic E-state index is 0.751. The number of hydrogen-bond donors (Lipinski definition) is 0. The van der Waals surface area contributed by atoms with Crippen molar-refractivity contribution in [3.05, 3.63) is 60.4 Å². The van der Waals surface area contributed by atoms with Crippen molar-refractivity contribution < 1.29 is 4.74 Å². The van der Waals surface area contributed by atoms with E-state index < -0.39 is 0 Å². The van der Waals surface area contributed by atoms with Crippen LogP contribution in [0.1, 0.15) is 19.4 Å². The quantitative estimate of drug-likeness (QED) is 0.677. The molecule has 0 saturated heterocycles. The second kappa shape index (κ2) is 8.19. The number of rotatable bonds is 2. The third kappa shape index (κ3) is 3.81. The molecule has 1 aromatic heterocycles. The van der Waals surface area contributed by atoms with E-state index in [0.29, 0.717) is 0 Å². The van der Waals surface area contributed by atoms with Crippen LogP contribution in [-0.4, -0.2) is 34.7 Å². The van der Waals surface area contributed by atoms with Crippen LogP contribution >= 0.6 is 0 Å². The molecule has 0 radical (unpaired) electrons. The van der Waals surface area contributed by atoms with Gasteiger partial charge in [0.15, 0.2) is 0 Å². The number of hydrogen-bond acceptors (Lipinski definition) is 3. The van der Waals surface area contributed by atoms with Gasteiger partial charge in [-0.1, -0.05) is 44.2 Å². The van der Waals surface area contributed by atoms with Crippen molar-refractivity contribution in [1.29, 1.82) is 0 Å². The molecule has 0 atom stereocenters. The summed E-state index contributed by atoms with van der Waals surface area (Å²) in [6.07, 6.45) is 3.79. The molecule has 0 unspecified atom stereocenters. The molecule has 0 amide bonds. The zero-order valence-electron chi connectivity index (χ0n) is 16.1. The Morgan fingerprint density at radius 3 is 2.31 bits per heavy atom. The number of ether oxygens (including phenoxy) is 1. The van der Waals surface area contributed by atoms with Crippen LogP contribution in [0.3, 0.4) is 0 Å². The number of likely N-dealkylation sites (N-methyl/N-ethyl adjacent to an activating group) is 1. The van der Waals surface area contributed by atoms with Crippen LogP contribution in [0.25, 0.3) is 22.5 Å². The molecule has 0 saturated carbocycles.